The molecule has 0 aliphatic heterocycles. The normalized spacial score (nSPS) is 10.4. The number of rotatable bonds is 1. The van der Waals surface area contributed by atoms with Crippen molar-refractivity contribution in [1.29, 1.82) is 0 Å². The number of anilines is 1. The first-order valence-electron chi connectivity index (χ1n) is 4.58. The summed E-state index contributed by atoms with van der Waals surface area (Å²) in [6.07, 6.45) is 0. The zero-order valence-electron chi connectivity index (χ0n) is 8.18. The quantitative estimate of drug-likeness (QED) is 0.752. The Morgan fingerprint density at radius 1 is 0.938 bits per heavy atom. The molecular formula is C12H8Cl2FN. The summed E-state index contributed by atoms with van der Waals surface area (Å²) in [5.41, 5.74) is 7.65. The average Bonchev–Trinajstić information content (AvgIpc) is 2.22. The molecule has 0 atom stereocenters. The largest absolute Gasteiger partial charge is 0.398 e. The van der Waals surface area contributed by atoms with Crippen LogP contribution in [0.4, 0.5) is 10.1 Å². The highest BCUT2D eigenvalue weighted by Gasteiger charge is 2.06. The van der Waals surface area contributed by atoms with E-state index in [2.05, 4.69) is 0 Å². The Morgan fingerprint density at radius 2 is 1.69 bits per heavy atom. The van der Waals surface area contributed by atoms with E-state index in [0.717, 1.165) is 11.1 Å². The fourth-order valence-electron chi connectivity index (χ4n) is 1.46. The molecule has 2 aromatic rings. The summed E-state index contributed by atoms with van der Waals surface area (Å²) in [5, 5.41) is 0.925. The third kappa shape index (κ3) is 2.13. The smallest absolute Gasteiger partial charge is 0.125 e. The minimum Gasteiger partial charge on any atom is -0.398 e. The van der Waals surface area contributed by atoms with Gasteiger partial charge in [0.05, 0.1) is 10.0 Å². The van der Waals surface area contributed by atoms with Crippen molar-refractivity contribution in [3.8, 4) is 11.1 Å². The Labute approximate surface area is 103 Å². The zero-order valence-corrected chi connectivity index (χ0v) is 9.69. The molecular weight excluding hydrogens is 248 g/mol. The standard InChI is InChI=1S/C12H8Cl2FN/c13-10-4-1-7(5-11(10)14)9-3-2-8(15)6-12(9)16/h1-6H,16H2. The van der Waals surface area contributed by atoms with Crippen molar-refractivity contribution in [3.63, 3.8) is 0 Å². The second-order valence-corrected chi connectivity index (χ2v) is 4.17. The van der Waals surface area contributed by atoms with Crippen molar-refractivity contribution in [2.45, 2.75) is 0 Å². The van der Waals surface area contributed by atoms with Crippen LogP contribution in [0.1, 0.15) is 0 Å². The fraction of sp³-hybridized carbons (Fsp3) is 0. The van der Waals surface area contributed by atoms with Gasteiger partial charge in [-0.3, -0.25) is 0 Å². The molecule has 0 radical (unpaired) electrons. The molecule has 2 rings (SSSR count). The summed E-state index contributed by atoms with van der Waals surface area (Å²) >= 11 is 11.7. The van der Waals surface area contributed by atoms with E-state index in [0.29, 0.717) is 15.7 Å². The Kier molecular flexibility index (Phi) is 3.03. The monoisotopic (exact) mass is 255 g/mol. The van der Waals surface area contributed by atoms with Crippen LogP contribution in [0.3, 0.4) is 0 Å². The van der Waals surface area contributed by atoms with E-state index in [1.54, 1.807) is 24.3 Å². The molecule has 16 heavy (non-hydrogen) atoms. The summed E-state index contributed by atoms with van der Waals surface area (Å²) in [4.78, 5) is 0. The topological polar surface area (TPSA) is 26.0 Å². The molecule has 0 unspecified atom stereocenters. The van der Waals surface area contributed by atoms with Gasteiger partial charge in [-0.25, -0.2) is 4.39 Å². The molecule has 0 aliphatic rings. The van der Waals surface area contributed by atoms with Crippen LogP contribution in [0, 0.1) is 5.82 Å². The van der Waals surface area contributed by atoms with Gasteiger partial charge in [0.25, 0.3) is 0 Å². The molecule has 0 amide bonds. The summed E-state index contributed by atoms with van der Waals surface area (Å²) < 4.78 is 12.9. The molecule has 82 valence electrons. The highest BCUT2D eigenvalue weighted by atomic mass is 35.5. The van der Waals surface area contributed by atoms with Crippen LogP contribution < -0.4 is 5.73 Å². The van der Waals surface area contributed by atoms with E-state index in [1.165, 1.54) is 12.1 Å². The van der Waals surface area contributed by atoms with Crippen LogP contribution in [0.25, 0.3) is 11.1 Å². The predicted molar refractivity (Wildman–Crippen MR) is 66.3 cm³/mol. The summed E-state index contributed by atoms with van der Waals surface area (Å²) in [7, 11) is 0. The second kappa shape index (κ2) is 4.32. The van der Waals surface area contributed by atoms with Crippen molar-refractivity contribution < 1.29 is 4.39 Å². The van der Waals surface area contributed by atoms with E-state index < -0.39 is 0 Å². The van der Waals surface area contributed by atoms with Gasteiger partial charge in [0.1, 0.15) is 5.82 Å². The average molecular weight is 256 g/mol. The van der Waals surface area contributed by atoms with E-state index in [1.807, 2.05) is 0 Å². The Hall–Kier alpha value is -1.25. The van der Waals surface area contributed by atoms with Crippen molar-refractivity contribution in [1.82, 2.24) is 0 Å². The SMILES string of the molecule is Nc1cc(F)ccc1-c1ccc(Cl)c(Cl)c1. The van der Waals surface area contributed by atoms with Gasteiger partial charge in [-0.05, 0) is 35.9 Å². The second-order valence-electron chi connectivity index (χ2n) is 3.36. The Bertz CT molecular complexity index is 541. The highest BCUT2D eigenvalue weighted by Crippen LogP contribution is 2.31. The lowest BCUT2D eigenvalue weighted by molar-refractivity contribution is 0.628. The molecule has 1 nitrogen and oxygen atoms in total. The number of hydrogen-bond donors (Lipinski definition) is 1. The third-order valence-corrected chi connectivity index (χ3v) is 2.98. The van der Waals surface area contributed by atoms with Crippen molar-refractivity contribution >= 4 is 28.9 Å². The maximum atomic E-state index is 12.9. The zero-order chi connectivity index (χ0) is 11.7. The molecule has 0 spiro atoms. The van der Waals surface area contributed by atoms with E-state index in [9.17, 15) is 4.39 Å². The molecule has 2 N–H and O–H groups in total. The van der Waals surface area contributed by atoms with Gasteiger partial charge < -0.3 is 5.73 Å². The highest BCUT2D eigenvalue weighted by molar-refractivity contribution is 6.42. The molecule has 0 aromatic heterocycles. The minimum atomic E-state index is -0.360. The Balaban J connectivity index is 2.54. The van der Waals surface area contributed by atoms with Crippen LogP contribution >= 0.6 is 23.2 Å². The number of nitrogens with two attached hydrogens (primary N) is 1. The van der Waals surface area contributed by atoms with Gasteiger partial charge in [-0.15, -0.1) is 0 Å². The lowest BCUT2D eigenvalue weighted by atomic mass is 10.0. The fourth-order valence-corrected chi connectivity index (χ4v) is 1.76. The van der Waals surface area contributed by atoms with Gasteiger partial charge in [0.2, 0.25) is 0 Å². The molecule has 0 heterocycles. The first-order valence-corrected chi connectivity index (χ1v) is 5.34. The summed E-state index contributed by atoms with van der Waals surface area (Å²) in [5.74, 6) is -0.360. The van der Waals surface area contributed by atoms with Gasteiger partial charge in [-0.2, -0.15) is 0 Å². The van der Waals surface area contributed by atoms with Crippen LogP contribution in [0.2, 0.25) is 10.0 Å². The maximum absolute atomic E-state index is 12.9. The lowest BCUT2D eigenvalue weighted by Gasteiger charge is -2.07. The molecule has 0 saturated carbocycles. The molecule has 0 bridgehead atoms. The number of benzene rings is 2. The van der Waals surface area contributed by atoms with E-state index in [-0.39, 0.29) is 5.82 Å². The van der Waals surface area contributed by atoms with Gasteiger partial charge >= 0.3 is 0 Å². The number of halogens is 3. The van der Waals surface area contributed by atoms with Crippen molar-refractivity contribution in [2.24, 2.45) is 0 Å². The summed E-state index contributed by atoms with van der Waals surface area (Å²) in [6.45, 7) is 0. The first kappa shape index (κ1) is 11.2. The number of nitrogen functional groups attached to an aromatic ring is 1. The Morgan fingerprint density at radius 3 is 2.31 bits per heavy atom. The van der Waals surface area contributed by atoms with E-state index in [4.69, 9.17) is 28.9 Å². The van der Waals surface area contributed by atoms with Gasteiger partial charge in [0.15, 0.2) is 0 Å². The summed E-state index contributed by atoms with van der Waals surface area (Å²) in [6, 6.07) is 9.42. The predicted octanol–water partition coefficient (Wildman–Crippen LogP) is 4.38. The van der Waals surface area contributed by atoms with Gasteiger partial charge in [-0.1, -0.05) is 29.3 Å². The molecule has 0 aliphatic carbocycles. The van der Waals surface area contributed by atoms with Crippen molar-refractivity contribution in [2.75, 3.05) is 5.73 Å². The van der Waals surface area contributed by atoms with Crippen LogP contribution in [0.15, 0.2) is 36.4 Å². The first-order chi connectivity index (χ1) is 7.58. The minimum absolute atomic E-state index is 0.360. The molecule has 4 heteroatoms. The third-order valence-electron chi connectivity index (χ3n) is 2.24. The van der Waals surface area contributed by atoms with Crippen LogP contribution in [-0.4, -0.2) is 0 Å². The molecule has 2 aromatic carbocycles. The molecule has 0 saturated heterocycles. The van der Waals surface area contributed by atoms with Crippen molar-refractivity contribution in [3.05, 3.63) is 52.3 Å². The van der Waals surface area contributed by atoms with Crippen LogP contribution in [0.5, 0.6) is 0 Å². The van der Waals surface area contributed by atoms with Gasteiger partial charge in [0, 0.05) is 11.3 Å². The van der Waals surface area contributed by atoms with Crippen LogP contribution in [-0.2, 0) is 0 Å². The lowest BCUT2D eigenvalue weighted by Crippen LogP contribution is -1.91. The van der Waals surface area contributed by atoms with E-state index >= 15 is 0 Å². The number of hydrogen-bond acceptors (Lipinski definition) is 1. The maximum Gasteiger partial charge on any atom is 0.125 e. The molecule has 0 fully saturated rings.